The molecule has 0 aliphatic carbocycles. The van der Waals surface area contributed by atoms with Crippen molar-refractivity contribution in [3.63, 3.8) is 0 Å². The zero-order valence-corrected chi connectivity index (χ0v) is 15.5. The molecule has 0 spiro atoms. The van der Waals surface area contributed by atoms with Crippen LogP contribution >= 0.6 is 35.3 Å². The first-order valence-corrected chi connectivity index (χ1v) is 9.52. The van der Waals surface area contributed by atoms with Crippen molar-refractivity contribution in [1.82, 2.24) is 9.78 Å². The van der Waals surface area contributed by atoms with Gasteiger partial charge in [0.2, 0.25) is 0 Å². The summed E-state index contributed by atoms with van der Waals surface area (Å²) in [6.07, 6.45) is 0. The Balaban J connectivity index is 1.53. The maximum absolute atomic E-state index is 5.72. The van der Waals surface area contributed by atoms with Crippen LogP contribution in [0.3, 0.4) is 0 Å². The average molecular weight is 377 g/mol. The van der Waals surface area contributed by atoms with Crippen molar-refractivity contribution in [3.05, 3.63) is 58.6 Å². The molecule has 0 aliphatic rings. The molecule has 0 N–H and O–H groups in total. The van der Waals surface area contributed by atoms with Crippen LogP contribution in [0.5, 0.6) is 11.5 Å². The molecule has 0 radical (unpaired) electrons. The molecular formula is C17H16N2O2S3. The molecule has 0 fully saturated rings. The van der Waals surface area contributed by atoms with Gasteiger partial charge in [0.15, 0.2) is 8.29 Å². The molecule has 0 bridgehead atoms. The maximum atomic E-state index is 5.72. The van der Waals surface area contributed by atoms with E-state index < -0.39 is 0 Å². The van der Waals surface area contributed by atoms with E-state index in [1.165, 1.54) is 11.3 Å². The van der Waals surface area contributed by atoms with Crippen LogP contribution in [-0.2, 0) is 0 Å². The van der Waals surface area contributed by atoms with Crippen LogP contribution in [0, 0.1) is 3.95 Å². The Bertz CT molecular complexity index is 829. The molecule has 0 aliphatic heterocycles. The number of thioether (sulfide) groups is 1. The molecule has 0 saturated heterocycles. The lowest BCUT2D eigenvalue weighted by atomic mass is 10.3. The lowest BCUT2D eigenvalue weighted by molar-refractivity contribution is 0.342. The summed E-state index contributed by atoms with van der Waals surface area (Å²) in [5.41, 5.74) is 0.986. The van der Waals surface area contributed by atoms with Gasteiger partial charge >= 0.3 is 0 Å². The number of hydrogen-bond donors (Lipinski definition) is 0. The van der Waals surface area contributed by atoms with E-state index in [-0.39, 0.29) is 0 Å². The molecule has 0 unspecified atom stereocenters. The van der Waals surface area contributed by atoms with Crippen LogP contribution in [-0.4, -0.2) is 29.3 Å². The van der Waals surface area contributed by atoms with Crippen molar-refractivity contribution in [1.29, 1.82) is 0 Å². The average Bonchev–Trinajstić information content (AvgIpc) is 3.01. The number of hydrogen-bond acceptors (Lipinski definition) is 6. The topological polar surface area (TPSA) is 36.3 Å². The highest BCUT2D eigenvalue weighted by Gasteiger charge is 2.06. The van der Waals surface area contributed by atoms with E-state index in [0.29, 0.717) is 6.61 Å². The van der Waals surface area contributed by atoms with Crippen molar-refractivity contribution < 1.29 is 9.47 Å². The van der Waals surface area contributed by atoms with Crippen LogP contribution in [0.25, 0.3) is 5.69 Å². The van der Waals surface area contributed by atoms with E-state index in [2.05, 4.69) is 5.10 Å². The minimum absolute atomic E-state index is 0.606. The summed E-state index contributed by atoms with van der Waals surface area (Å²) in [6, 6.07) is 17.5. The maximum Gasteiger partial charge on any atom is 0.184 e. The molecule has 3 aromatic rings. The van der Waals surface area contributed by atoms with E-state index in [1.807, 2.05) is 54.6 Å². The van der Waals surface area contributed by atoms with Crippen molar-refractivity contribution in [2.45, 2.75) is 4.34 Å². The van der Waals surface area contributed by atoms with Gasteiger partial charge in [-0.25, -0.2) is 4.68 Å². The SMILES string of the molecule is COc1ccc(OCCSc2nn(-c3ccccc3)c(=S)s2)cc1. The van der Waals surface area contributed by atoms with Crippen molar-refractivity contribution >= 4 is 35.3 Å². The molecule has 1 heterocycles. The van der Waals surface area contributed by atoms with Gasteiger partial charge in [-0.15, -0.1) is 5.10 Å². The highest BCUT2D eigenvalue weighted by Crippen LogP contribution is 2.24. The highest BCUT2D eigenvalue weighted by atomic mass is 32.2. The van der Waals surface area contributed by atoms with Gasteiger partial charge in [-0.1, -0.05) is 41.3 Å². The molecule has 1 aromatic heterocycles. The fraction of sp³-hybridized carbons (Fsp3) is 0.176. The number of nitrogens with zero attached hydrogens (tertiary/aromatic N) is 2. The Labute approximate surface area is 154 Å². The van der Waals surface area contributed by atoms with Crippen molar-refractivity contribution in [2.75, 3.05) is 19.5 Å². The van der Waals surface area contributed by atoms with Gasteiger partial charge in [0, 0.05) is 5.75 Å². The molecule has 3 rings (SSSR count). The van der Waals surface area contributed by atoms with E-state index in [1.54, 1.807) is 23.6 Å². The zero-order valence-electron chi connectivity index (χ0n) is 13.0. The Morgan fingerprint density at radius 3 is 2.50 bits per heavy atom. The normalized spacial score (nSPS) is 10.5. The third kappa shape index (κ3) is 4.37. The summed E-state index contributed by atoms with van der Waals surface area (Å²) >= 11 is 8.56. The Morgan fingerprint density at radius 1 is 1.08 bits per heavy atom. The smallest absolute Gasteiger partial charge is 0.184 e. The minimum atomic E-state index is 0.606. The van der Waals surface area contributed by atoms with Crippen LogP contribution < -0.4 is 9.47 Å². The number of methoxy groups -OCH3 is 1. The van der Waals surface area contributed by atoms with E-state index in [4.69, 9.17) is 21.7 Å². The molecule has 2 aromatic carbocycles. The molecule has 0 amide bonds. The molecule has 7 heteroatoms. The van der Waals surface area contributed by atoms with Gasteiger partial charge in [-0.2, -0.15) is 0 Å². The molecule has 4 nitrogen and oxygen atoms in total. The van der Waals surface area contributed by atoms with E-state index in [0.717, 1.165) is 31.2 Å². The van der Waals surface area contributed by atoms with Gasteiger partial charge in [-0.3, -0.25) is 0 Å². The number of aromatic nitrogens is 2. The van der Waals surface area contributed by atoms with Gasteiger partial charge in [-0.05, 0) is 48.6 Å². The minimum Gasteiger partial charge on any atom is -0.497 e. The van der Waals surface area contributed by atoms with Gasteiger partial charge in [0.25, 0.3) is 0 Å². The summed E-state index contributed by atoms with van der Waals surface area (Å²) in [6.45, 7) is 0.606. The number of ether oxygens (including phenoxy) is 2. The Kier molecular flexibility index (Phi) is 5.90. The Hall–Kier alpha value is -1.83. The van der Waals surface area contributed by atoms with Gasteiger partial charge < -0.3 is 9.47 Å². The molecule has 0 saturated carbocycles. The largest absolute Gasteiger partial charge is 0.497 e. The second-order valence-corrected chi connectivity index (χ2v) is 7.72. The number of rotatable bonds is 7. The van der Waals surface area contributed by atoms with Gasteiger partial charge in [0.1, 0.15) is 11.5 Å². The molecule has 0 atom stereocenters. The standard InChI is InChI=1S/C17H16N2O2S3/c1-20-14-7-9-15(10-8-14)21-11-12-23-16-18-19(17(22)24-16)13-5-3-2-4-6-13/h2-10H,11-12H2,1H3. The van der Waals surface area contributed by atoms with E-state index in [9.17, 15) is 0 Å². The highest BCUT2D eigenvalue weighted by molar-refractivity contribution is 8.01. The van der Waals surface area contributed by atoms with Crippen molar-refractivity contribution in [3.8, 4) is 17.2 Å². The first-order valence-electron chi connectivity index (χ1n) is 7.31. The second kappa shape index (κ2) is 8.32. The summed E-state index contributed by atoms with van der Waals surface area (Å²) < 4.78 is 14.3. The molecule has 24 heavy (non-hydrogen) atoms. The summed E-state index contributed by atoms with van der Waals surface area (Å²) in [4.78, 5) is 0. The van der Waals surface area contributed by atoms with Gasteiger partial charge in [0.05, 0.1) is 19.4 Å². The van der Waals surface area contributed by atoms with E-state index >= 15 is 0 Å². The Morgan fingerprint density at radius 2 is 1.79 bits per heavy atom. The zero-order chi connectivity index (χ0) is 16.8. The first kappa shape index (κ1) is 17.0. The molecular weight excluding hydrogens is 360 g/mol. The fourth-order valence-corrected chi connectivity index (χ4v) is 4.26. The van der Waals surface area contributed by atoms with Crippen LogP contribution in [0.2, 0.25) is 0 Å². The third-order valence-corrected chi connectivity index (χ3v) is 5.50. The second-order valence-electron chi connectivity index (χ2n) is 4.75. The van der Waals surface area contributed by atoms with Crippen molar-refractivity contribution in [2.24, 2.45) is 0 Å². The lowest BCUT2D eigenvalue weighted by Gasteiger charge is -2.06. The first-order chi connectivity index (χ1) is 11.8. The lowest BCUT2D eigenvalue weighted by Crippen LogP contribution is -2.00. The predicted molar refractivity (Wildman–Crippen MR) is 101 cm³/mol. The number of benzene rings is 2. The fourth-order valence-electron chi connectivity index (χ4n) is 2.01. The molecule has 124 valence electrons. The quantitative estimate of drug-likeness (QED) is 0.335. The number of para-hydroxylation sites is 1. The predicted octanol–water partition coefficient (Wildman–Crippen LogP) is 4.84. The van der Waals surface area contributed by atoms with Crippen LogP contribution in [0.1, 0.15) is 0 Å². The summed E-state index contributed by atoms with van der Waals surface area (Å²) in [5.74, 6) is 2.46. The summed E-state index contributed by atoms with van der Waals surface area (Å²) in [5, 5.41) is 4.57. The monoisotopic (exact) mass is 376 g/mol. The van der Waals surface area contributed by atoms with Crippen LogP contribution in [0.15, 0.2) is 58.9 Å². The summed E-state index contributed by atoms with van der Waals surface area (Å²) in [7, 11) is 1.65. The van der Waals surface area contributed by atoms with Crippen LogP contribution in [0.4, 0.5) is 0 Å². The third-order valence-electron chi connectivity index (χ3n) is 3.17.